The van der Waals surface area contributed by atoms with Crippen LogP contribution >= 0.6 is 0 Å². The van der Waals surface area contributed by atoms with Crippen LogP contribution in [0.2, 0.25) is 0 Å². The van der Waals surface area contributed by atoms with Crippen molar-refractivity contribution in [2.75, 3.05) is 33.7 Å². The Morgan fingerprint density at radius 2 is 1.91 bits per heavy atom. The van der Waals surface area contributed by atoms with Crippen molar-refractivity contribution in [2.24, 2.45) is 0 Å². The molecule has 1 aliphatic rings. The summed E-state index contributed by atoms with van der Waals surface area (Å²) < 4.78 is 0. The van der Waals surface area contributed by atoms with Crippen LogP contribution in [0.25, 0.3) is 0 Å². The summed E-state index contributed by atoms with van der Waals surface area (Å²) in [5, 5.41) is 6.87. The van der Waals surface area contributed by atoms with Crippen LogP contribution in [0.3, 0.4) is 0 Å². The van der Waals surface area contributed by atoms with Crippen molar-refractivity contribution < 1.29 is 0 Å². The molecule has 0 atom stereocenters. The van der Waals surface area contributed by atoms with Gasteiger partial charge in [-0.1, -0.05) is 0 Å². The molecule has 0 radical (unpaired) electrons. The van der Waals surface area contributed by atoms with Gasteiger partial charge in [0, 0.05) is 6.54 Å². The van der Waals surface area contributed by atoms with Gasteiger partial charge in [-0.3, -0.25) is 0 Å². The number of nitrogens with zero attached hydrogens (tertiary/aromatic N) is 1. The van der Waals surface area contributed by atoms with E-state index in [4.69, 9.17) is 0 Å². The maximum atomic E-state index is 3.44. The molecule has 1 fully saturated rings. The van der Waals surface area contributed by atoms with Crippen molar-refractivity contribution >= 4 is 0 Å². The number of nitrogens with one attached hydrogen (secondary N) is 2. The summed E-state index contributed by atoms with van der Waals surface area (Å²) in [4.78, 5) is 2.22. The third kappa shape index (κ3) is 3.70. The van der Waals surface area contributed by atoms with Crippen LogP contribution < -0.4 is 10.6 Å². The first kappa shape index (κ1) is 8.97. The van der Waals surface area contributed by atoms with E-state index in [0.717, 1.165) is 6.54 Å². The van der Waals surface area contributed by atoms with Crippen LogP contribution in [0.15, 0.2) is 0 Å². The molecule has 0 amide bonds. The van der Waals surface area contributed by atoms with Crippen LogP contribution in [-0.2, 0) is 0 Å². The minimum Gasteiger partial charge on any atom is -0.309 e. The molecule has 1 saturated heterocycles. The van der Waals surface area contributed by atoms with E-state index in [-0.39, 0.29) is 0 Å². The summed E-state index contributed by atoms with van der Waals surface area (Å²) in [5.74, 6) is 0. The van der Waals surface area contributed by atoms with Gasteiger partial charge in [-0.15, -0.1) is 0 Å². The molecule has 3 nitrogen and oxygen atoms in total. The van der Waals surface area contributed by atoms with E-state index in [2.05, 4.69) is 29.6 Å². The Balaban J connectivity index is 2.05. The van der Waals surface area contributed by atoms with Crippen LogP contribution in [0.5, 0.6) is 0 Å². The Kier molecular flexibility index (Phi) is 3.83. The number of hydrogen-bond donors (Lipinski definition) is 2. The average molecular weight is 157 g/mol. The maximum Gasteiger partial charge on any atom is 0.0584 e. The fourth-order valence-corrected chi connectivity index (χ4v) is 1.30. The summed E-state index contributed by atoms with van der Waals surface area (Å²) in [7, 11) is 4.23. The van der Waals surface area contributed by atoms with Gasteiger partial charge in [-0.2, -0.15) is 0 Å². The Hall–Kier alpha value is -0.120. The zero-order valence-electron chi connectivity index (χ0n) is 7.56. The molecule has 0 aromatic rings. The number of rotatable bonds is 3. The maximum absolute atomic E-state index is 3.44. The Labute approximate surface area is 69.1 Å². The molecule has 1 rings (SSSR count). The lowest BCUT2D eigenvalue weighted by atomic mass is 10.2. The second kappa shape index (κ2) is 4.70. The Morgan fingerprint density at radius 3 is 2.45 bits per heavy atom. The van der Waals surface area contributed by atoms with Gasteiger partial charge in [0.25, 0.3) is 0 Å². The number of hydrogen-bond acceptors (Lipinski definition) is 3. The summed E-state index contributed by atoms with van der Waals surface area (Å²) in [6, 6.07) is 0. The van der Waals surface area contributed by atoms with Crippen molar-refractivity contribution in [3.05, 3.63) is 0 Å². The van der Waals surface area contributed by atoms with E-state index in [1.54, 1.807) is 0 Å². The molecule has 0 aromatic carbocycles. The van der Waals surface area contributed by atoms with E-state index in [1.165, 1.54) is 25.9 Å². The summed E-state index contributed by atoms with van der Waals surface area (Å²) in [5.41, 5.74) is 0. The van der Waals surface area contributed by atoms with E-state index < -0.39 is 0 Å². The highest BCUT2D eigenvalue weighted by atomic mass is 15.2. The van der Waals surface area contributed by atoms with Crippen molar-refractivity contribution in [2.45, 2.75) is 19.0 Å². The predicted octanol–water partition coefficient (Wildman–Crippen LogP) is -0.153. The third-order valence-corrected chi connectivity index (χ3v) is 2.00. The molecule has 3 heteroatoms. The van der Waals surface area contributed by atoms with Gasteiger partial charge < -0.3 is 15.5 Å². The lowest BCUT2D eigenvalue weighted by molar-refractivity contribution is 0.303. The highest BCUT2D eigenvalue weighted by Crippen LogP contribution is 1.94. The molecule has 11 heavy (non-hydrogen) atoms. The molecular formula is C8H19N3. The highest BCUT2D eigenvalue weighted by Gasteiger charge is 2.10. The first-order valence-electron chi connectivity index (χ1n) is 4.40. The first-order valence-corrected chi connectivity index (χ1v) is 4.40. The van der Waals surface area contributed by atoms with Crippen LogP contribution in [0.1, 0.15) is 12.8 Å². The van der Waals surface area contributed by atoms with E-state index >= 15 is 0 Å². The largest absolute Gasteiger partial charge is 0.309 e. The third-order valence-electron chi connectivity index (χ3n) is 2.00. The van der Waals surface area contributed by atoms with Gasteiger partial charge in [-0.25, -0.2) is 0 Å². The van der Waals surface area contributed by atoms with Crippen LogP contribution in [0, 0.1) is 0 Å². The summed E-state index contributed by atoms with van der Waals surface area (Å²) in [6.45, 7) is 3.50. The predicted molar refractivity (Wildman–Crippen MR) is 47.6 cm³/mol. The van der Waals surface area contributed by atoms with Crippen molar-refractivity contribution in [3.8, 4) is 0 Å². The molecule has 0 spiro atoms. The van der Waals surface area contributed by atoms with E-state index in [1.807, 2.05) is 0 Å². The van der Waals surface area contributed by atoms with Gasteiger partial charge in [0.1, 0.15) is 0 Å². The smallest absolute Gasteiger partial charge is 0.0584 e. The molecule has 0 aliphatic carbocycles. The lowest BCUT2D eigenvalue weighted by Gasteiger charge is -2.26. The summed E-state index contributed by atoms with van der Waals surface area (Å²) in [6.07, 6.45) is 3.01. The molecule has 66 valence electrons. The average Bonchev–Trinajstić information content (AvgIpc) is 2.03. The quantitative estimate of drug-likeness (QED) is 0.596. The van der Waals surface area contributed by atoms with Crippen molar-refractivity contribution in [1.82, 2.24) is 15.5 Å². The topological polar surface area (TPSA) is 27.3 Å². The monoisotopic (exact) mass is 157 g/mol. The molecule has 0 aromatic heterocycles. The fourth-order valence-electron chi connectivity index (χ4n) is 1.30. The lowest BCUT2D eigenvalue weighted by Crippen LogP contribution is -2.49. The second-order valence-electron chi connectivity index (χ2n) is 3.41. The summed E-state index contributed by atoms with van der Waals surface area (Å²) >= 11 is 0. The zero-order valence-corrected chi connectivity index (χ0v) is 7.56. The van der Waals surface area contributed by atoms with Crippen LogP contribution in [0.4, 0.5) is 0 Å². The van der Waals surface area contributed by atoms with Crippen molar-refractivity contribution in [3.63, 3.8) is 0 Å². The SMILES string of the molecule is CN(C)CCC1NCCCN1. The van der Waals surface area contributed by atoms with Gasteiger partial charge in [0.15, 0.2) is 0 Å². The van der Waals surface area contributed by atoms with Crippen LogP contribution in [-0.4, -0.2) is 44.8 Å². The second-order valence-corrected chi connectivity index (χ2v) is 3.41. The fraction of sp³-hybridized carbons (Fsp3) is 1.00. The molecule has 2 N–H and O–H groups in total. The Bertz CT molecular complexity index is 97.5. The zero-order chi connectivity index (χ0) is 8.10. The van der Waals surface area contributed by atoms with Gasteiger partial charge in [0.05, 0.1) is 6.17 Å². The first-order chi connectivity index (χ1) is 5.29. The van der Waals surface area contributed by atoms with Crippen molar-refractivity contribution in [1.29, 1.82) is 0 Å². The van der Waals surface area contributed by atoms with Gasteiger partial charge in [-0.05, 0) is 40.0 Å². The van der Waals surface area contributed by atoms with E-state index in [0.29, 0.717) is 6.17 Å². The Morgan fingerprint density at radius 1 is 1.27 bits per heavy atom. The van der Waals surface area contributed by atoms with E-state index in [9.17, 15) is 0 Å². The molecule has 0 unspecified atom stereocenters. The standard InChI is InChI=1S/C8H19N3/c1-11(2)7-4-8-9-5-3-6-10-8/h8-10H,3-7H2,1-2H3. The highest BCUT2D eigenvalue weighted by molar-refractivity contribution is 4.70. The minimum atomic E-state index is 0.547. The molecule has 0 saturated carbocycles. The minimum absolute atomic E-state index is 0.547. The van der Waals surface area contributed by atoms with Gasteiger partial charge in [0.2, 0.25) is 0 Å². The normalized spacial score (nSPS) is 21.0. The molecule has 0 bridgehead atoms. The van der Waals surface area contributed by atoms with Gasteiger partial charge >= 0.3 is 0 Å². The molecule has 1 heterocycles. The molecule has 1 aliphatic heterocycles. The molecular weight excluding hydrogens is 138 g/mol.